The molecule has 2 aromatic rings. The van der Waals surface area contributed by atoms with Gasteiger partial charge in [0.05, 0.1) is 23.4 Å². The van der Waals surface area contributed by atoms with Crippen LogP contribution in [0, 0.1) is 13.8 Å². The van der Waals surface area contributed by atoms with Gasteiger partial charge in [-0.05, 0) is 32.3 Å². The van der Waals surface area contributed by atoms with E-state index in [2.05, 4.69) is 29.2 Å². The van der Waals surface area contributed by atoms with Crippen molar-refractivity contribution < 1.29 is 9.53 Å². The quantitative estimate of drug-likeness (QED) is 0.864. The molecule has 0 bridgehead atoms. The molecule has 0 aliphatic carbocycles. The van der Waals surface area contributed by atoms with E-state index in [1.54, 1.807) is 0 Å². The van der Waals surface area contributed by atoms with Crippen molar-refractivity contribution >= 4 is 17.2 Å². The second kappa shape index (κ2) is 7.23. The first-order valence-corrected chi connectivity index (χ1v) is 8.84. The number of benzene rings is 1. The molecule has 1 aromatic carbocycles. The average molecular weight is 330 g/mol. The summed E-state index contributed by atoms with van der Waals surface area (Å²) < 4.78 is 5.85. The summed E-state index contributed by atoms with van der Waals surface area (Å²) in [6.45, 7) is 5.79. The fourth-order valence-electron chi connectivity index (χ4n) is 2.92. The van der Waals surface area contributed by atoms with E-state index in [0.29, 0.717) is 19.7 Å². The van der Waals surface area contributed by atoms with E-state index >= 15 is 0 Å². The molecule has 0 N–H and O–H groups in total. The fourth-order valence-corrected chi connectivity index (χ4v) is 3.81. The van der Waals surface area contributed by atoms with Gasteiger partial charge in [0, 0.05) is 13.1 Å². The molecule has 1 aliphatic rings. The lowest BCUT2D eigenvalue weighted by Gasteiger charge is -2.33. The standard InChI is InChI=1S/C18H22N2O2S/c1-13-17(23-14(2)19-13)18(21)20-10-11-22-16(12-20)9-8-15-6-4-3-5-7-15/h3-7,16H,8-12H2,1-2H3/t16-/m0/s1. The third kappa shape index (κ3) is 3.98. The number of aromatic nitrogens is 1. The maximum atomic E-state index is 12.7. The summed E-state index contributed by atoms with van der Waals surface area (Å²) in [4.78, 5) is 19.7. The van der Waals surface area contributed by atoms with Crippen LogP contribution in [0.1, 0.15) is 32.4 Å². The zero-order chi connectivity index (χ0) is 16.2. The zero-order valence-corrected chi connectivity index (χ0v) is 14.4. The molecular formula is C18H22N2O2S. The topological polar surface area (TPSA) is 42.4 Å². The van der Waals surface area contributed by atoms with Gasteiger partial charge in [0.25, 0.3) is 5.91 Å². The van der Waals surface area contributed by atoms with Crippen LogP contribution in [0.5, 0.6) is 0 Å². The third-order valence-electron chi connectivity index (χ3n) is 4.12. The predicted octanol–water partition coefficient (Wildman–Crippen LogP) is 3.23. The van der Waals surface area contributed by atoms with Gasteiger partial charge in [0.1, 0.15) is 4.88 Å². The average Bonchev–Trinajstić information content (AvgIpc) is 2.92. The van der Waals surface area contributed by atoms with Crippen LogP contribution in [0.15, 0.2) is 30.3 Å². The first kappa shape index (κ1) is 16.1. The lowest BCUT2D eigenvalue weighted by atomic mass is 10.1. The van der Waals surface area contributed by atoms with Gasteiger partial charge in [-0.25, -0.2) is 4.98 Å². The zero-order valence-electron chi connectivity index (χ0n) is 13.6. The molecule has 3 rings (SSSR count). The van der Waals surface area contributed by atoms with Crippen LogP contribution in [-0.2, 0) is 11.2 Å². The molecular weight excluding hydrogens is 308 g/mol. The van der Waals surface area contributed by atoms with E-state index in [4.69, 9.17) is 4.74 Å². The number of ether oxygens (including phenoxy) is 1. The summed E-state index contributed by atoms with van der Waals surface area (Å²) >= 11 is 1.48. The van der Waals surface area contributed by atoms with Crippen molar-refractivity contribution in [1.29, 1.82) is 0 Å². The number of carbonyl (C=O) groups is 1. The monoisotopic (exact) mass is 330 g/mol. The van der Waals surface area contributed by atoms with Crippen LogP contribution in [0.4, 0.5) is 0 Å². The van der Waals surface area contributed by atoms with Crippen molar-refractivity contribution in [2.45, 2.75) is 32.8 Å². The van der Waals surface area contributed by atoms with Crippen molar-refractivity contribution in [2.75, 3.05) is 19.7 Å². The number of nitrogens with zero attached hydrogens (tertiary/aromatic N) is 2. The SMILES string of the molecule is Cc1nc(C)c(C(=O)N2CCO[C@@H](CCc3ccccc3)C2)s1. The van der Waals surface area contributed by atoms with Gasteiger partial charge in [-0.3, -0.25) is 4.79 Å². The van der Waals surface area contributed by atoms with Gasteiger partial charge < -0.3 is 9.64 Å². The van der Waals surface area contributed by atoms with Crippen LogP contribution >= 0.6 is 11.3 Å². The van der Waals surface area contributed by atoms with E-state index in [-0.39, 0.29) is 12.0 Å². The lowest BCUT2D eigenvalue weighted by Crippen LogP contribution is -2.45. The molecule has 0 radical (unpaired) electrons. The van der Waals surface area contributed by atoms with Crippen molar-refractivity contribution in [3.8, 4) is 0 Å². The lowest BCUT2D eigenvalue weighted by molar-refractivity contribution is -0.0244. The molecule has 1 amide bonds. The summed E-state index contributed by atoms with van der Waals surface area (Å²) in [5.74, 6) is 0.0983. The molecule has 0 unspecified atom stereocenters. The molecule has 1 atom stereocenters. The number of morpholine rings is 1. The van der Waals surface area contributed by atoms with Crippen LogP contribution in [-0.4, -0.2) is 41.6 Å². The minimum absolute atomic E-state index is 0.0983. The van der Waals surface area contributed by atoms with Crippen molar-refractivity contribution in [1.82, 2.24) is 9.88 Å². The number of hydrogen-bond acceptors (Lipinski definition) is 4. The van der Waals surface area contributed by atoms with Gasteiger partial charge in [-0.2, -0.15) is 0 Å². The number of hydrogen-bond donors (Lipinski definition) is 0. The van der Waals surface area contributed by atoms with Gasteiger partial charge >= 0.3 is 0 Å². The number of thiazole rings is 1. The highest BCUT2D eigenvalue weighted by Gasteiger charge is 2.27. The largest absolute Gasteiger partial charge is 0.375 e. The summed E-state index contributed by atoms with van der Waals surface area (Å²) in [5.41, 5.74) is 2.15. The predicted molar refractivity (Wildman–Crippen MR) is 92.0 cm³/mol. The normalized spacial score (nSPS) is 18.2. The van der Waals surface area contributed by atoms with E-state index < -0.39 is 0 Å². The van der Waals surface area contributed by atoms with Crippen LogP contribution in [0.3, 0.4) is 0 Å². The Morgan fingerprint density at radius 3 is 2.83 bits per heavy atom. The highest BCUT2D eigenvalue weighted by Crippen LogP contribution is 2.21. The Hall–Kier alpha value is -1.72. The Balaban J connectivity index is 1.59. The first-order valence-electron chi connectivity index (χ1n) is 8.02. The molecule has 2 heterocycles. The molecule has 5 heteroatoms. The number of rotatable bonds is 4. The molecule has 1 aliphatic heterocycles. The summed E-state index contributed by atoms with van der Waals surface area (Å²) in [6.07, 6.45) is 2.03. The second-order valence-corrected chi connectivity index (χ2v) is 7.12. The second-order valence-electron chi connectivity index (χ2n) is 5.92. The van der Waals surface area contributed by atoms with Gasteiger partial charge in [-0.15, -0.1) is 11.3 Å². The number of aryl methyl sites for hydroxylation is 3. The van der Waals surface area contributed by atoms with Crippen molar-refractivity contribution in [3.05, 3.63) is 51.5 Å². The first-order chi connectivity index (χ1) is 11.1. The van der Waals surface area contributed by atoms with E-state index in [0.717, 1.165) is 28.4 Å². The van der Waals surface area contributed by atoms with Crippen LogP contribution < -0.4 is 0 Å². The molecule has 1 aromatic heterocycles. The smallest absolute Gasteiger partial charge is 0.266 e. The number of amides is 1. The Morgan fingerprint density at radius 1 is 1.35 bits per heavy atom. The summed E-state index contributed by atoms with van der Waals surface area (Å²) in [5, 5.41) is 0.944. The molecule has 0 saturated carbocycles. The van der Waals surface area contributed by atoms with Crippen LogP contribution in [0.2, 0.25) is 0 Å². The Morgan fingerprint density at radius 2 is 2.13 bits per heavy atom. The fraction of sp³-hybridized carbons (Fsp3) is 0.444. The van der Waals surface area contributed by atoms with Crippen molar-refractivity contribution in [3.63, 3.8) is 0 Å². The van der Waals surface area contributed by atoms with E-state index in [1.165, 1.54) is 16.9 Å². The highest BCUT2D eigenvalue weighted by atomic mass is 32.1. The Kier molecular flexibility index (Phi) is 5.08. The highest BCUT2D eigenvalue weighted by molar-refractivity contribution is 7.13. The van der Waals surface area contributed by atoms with E-state index in [1.807, 2.05) is 24.8 Å². The van der Waals surface area contributed by atoms with Gasteiger partial charge in [0.15, 0.2) is 0 Å². The Labute approximate surface area is 141 Å². The summed E-state index contributed by atoms with van der Waals surface area (Å²) in [7, 11) is 0. The molecule has 4 nitrogen and oxygen atoms in total. The maximum absolute atomic E-state index is 12.7. The third-order valence-corrected chi connectivity index (χ3v) is 5.18. The van der Waals surface area contributed by atoms with Gasteiger partial charge in [-0.1, -0.05) is 30.3 Å². The minimum atomic E-state index is 0.0983. The minimum Gasteiger partial charge on any atom is -0.375 e. The molecule has 0 spiro atoms. The number of carbonyl (C=O) groups excluding carboxylic acids is 1. The van der Waals surface area contributed by atoms with Crippen molar-refractivity contribution in [2.24, 2.45) is 0 Å². The molecule has 122 valence electrons. The molecule has 1 fully saturated rings. The van der Waals surface area contributed by atoms with E-state index in [9.17, 15) is 4.79 Å². The van der Waals surface area contributed by atoms with Gasteiger partial charge in [0.2, 0.25) is 0 Å². The van der Waals surface area contributed by atoms with Crippen LogP contribution in [0.25, 0.3) is 0 Å². The summed E-state index contributed by atoms with van der Waals surface area (Å²) in [6, 6.07) is 10.4. The maximum Gasteiger partial charge on any atom is 0.266 e. The Bertz CT molecular complexity index is 669. The molecule has 1 saturated heterocycles. The molecule has 23 heavy (non-hydrogen) atoms.